The monoisotopic (exact) mass is 332 g/mol. The van der Waals surface area contributed by atoms with Gasteiger partial charge in [-0.2, -0.15) is 0 Å². The average molecular weight is 331 g/mol. The molecule has 1 nitrogen and oxygen atoms in total. The van der Waals surface area contributed by atoms with E-state index in [2.05, 4.69) is 29.6 Å². The SMILES string of the molecule is CCOC(=S)S.[PbH2]. The van der Waals surface area contributed by atoms with Crippen LogP contribution in [0.5, 0.6) is 0 Å². The van der Waals surface area contributed by atoms with Gasteiger partial charge < -0.3 is 4.74 Å². The van der Waals surface area contributed by atoms with Crippen molar-refractivity contribution in [3.05, 3.63) is 0 Å². The molecule has 0 spiro atoms. The fourth-order valence-corrected chi connectivity index (χ4v) is 0.370. The summed E-state index contributed by atoms with van der Waals surface area (Å²) in [6.07, 6.45) is 0. The van der Waals surface area contributed by atoms with Gasteiger partial charge in [-0.1, -0.05) is 12.6 Å². The first-order valence-electron chi connectivity index (χ1n) is 1.63. The molecule has 0 aromatic carbocycles. The zero-order chi connectivity index (χ0) is 4.99. The summed E-state index contributed by atoms with van der Waals surface area (Å²) >= 11 is 8.12. The average Bonchev–Trinajstić information content (AvgIpc) is 1.35. The van der Waals surface area contributed by atoms with Gasteiger partial charge in [0.05, 0.1) is 6.61 Å². The van der Waals surface area contributed by atoms with Gasteiger partial charge in [-0.3, -0.25) is 0 Å². The van der Waals surface area contributed by atoms with Gasteiger partial charge in [0.2, 0.25) is 4.38 Å². The second-order valence-electron chi connectivity index (χ2n) is 0.699. The maximum absolute atomic E-state index is 4.64. The third kappa shape index (κ3) is 11.0. The predicted octanol–water partition coefficient (Wildman–Crippen LogP) is 0.321. The first-order chi connectivity index (χ1) is 2.77. The molecule has 0 aromatic rings. The Morgan fingerprint density at radius 2 is 2.29 bits per heavy atom. The Kier molecular flexibility index (Phi) is 11.3. The normalized spacial score (nSPS) is 6.57. The number of hydrogen-bond donors (Lipinski definition) is 1. The molecule has 0 rings (SSSR count). The van der Waals surface area contributed by atoms with Crippen molar-refractivity contribution in [1.29, 1.82) is 0 Å². The van der Waals surface area contributed by atoms with E-state index < -0.39 is 0 Å². The quantitative estimate of drug-likeness (QED) is 0.421. The molecule has 0 aliphatic rings. The zero-order valence-electron chi connectivity index (χ0n) is 4.18. The van der Waals surface area contributed by atoms with Crippen LogP contribution in [0, 0.1) is 0 Å². The van der Waals surface area contributed by atoms with E-state index in [1.54, 1.807) is 0 Å². The fraction of sp³-hybridized carbons (Fsp3) is 0.667. The van der Waals surface area contributed by atoms with E-state index in [0.29, 0.717) is 11.0 Å². The van der Waals surface area contributed by atoms with Gasteiger partial charge >= 0.3 is 27.3 Å². The van der Waals surface area contributed by atoms with Crippen LogP contribution in [-0.4, -0.2) is 38.3 Å². The molecule has 0 unspecified atom stereocenters. The van der Waals surface area contributed by atoms with Crippen molar-refractivity contribution in [3.8, 4) is 0 Å². The van der Waals surface area contributed by atoms with E-state index in [9.17, 15) is 0 Å². The van der Waals surface area contributed by atoms with E-state index in [1.807, 2.05) is 6.92 Å². The third-order valence-electron chi connectivity index (χ3n) is 0.268. The summed E-state index contributed by atoms with van der Waals surface area (Å²) in [6, 6.07) is 0. The Morgan fingerprint density at radius 3 is 2.29 bits per heavy atom. The molecular weight excluding hydrogens is 323 g/mol. The van der Waals surface area contributed by atoms with Crippen LogP contribution in [0.4, 0.5) is 0 Å². The van der Waals surface area contributed by atoms with Crippen molar-refractivity contribution in [2.75, 3.05) is 6.61 Å². The van der Waals surface area contributed by atoms with Crippen LogP contribution in [0.25, 0.3) is 0 Å². The summed E-state index contributed by atoms with van der Waals surface area (Å²) in [5.41, 5.74) is 0. The van der Waals surface area contributed by atoms with Crippen molar-refractivity contribution in [2.24, 2.45) is 0 Å². The van der Waals surface area contributed by atoms with Crippen LogP contribution in [0.15, 0.2) is 0 Å². The molecule has 2 radical (unpaired) electrons. The van der Waals surface area contributed by atoms with Gasteiger partial charge in [0.25, 0.3) is 0 Å². The van der Waals surface area contributed by atoms with Crippen LogP contribution in [0.3, 0.4) is 0 Å². The molecule has 0 saturated carbocycles. The van der Waals surface area contributed by atoms with Gasteiger partial charge in [0, 0.05) is 0 Å². The minimum absolute atomic E-state index is 0. The van der Waals surface area contributed by atoms with Gasteiger partial charge in [-0.25, -0.2) is 0 Å². The van der Waals surface area contributed by atoms with E-state index in [0.717, 1.165) is 0 Å². The molecule has 0 bridgehead atoms. The molecule has 0 atom stereocenters. The summed E-state index contributed by atoms with van der Waals surface area (Å²) in [4.78, 5) is 0. The Hall–Kier alpha value is 1.16. The molecule has 0 saturated heterocycles. The Balaban J connectivity index is 0. The second-order valence-corrected chi connectivity index (χ2v) is 1.78. The number of thiocarbonyl (C=S) groups is 1. The van der Waals surface area contributed by atoms with Crippen LogP contribution in [0.2, 0.25) is 0 Å². The van der Waals surface area contributed by atoms with Crippen molar-refractivity contribution >= 4 is 56.5 Å². The predicted molar refractivity (Wildman–Crippen MR) is 41.8 cm³/mol. The topological polar surface area (TPSA) is 9.23 Å². The van der Waals surface area contributed by atoms with E-state index in [1.165, 1.54) is 0 Å². The summed E-state index contributed by atoms with van der Waals surface area (Å²) in [7, 11) is 0. The summed E-state index contributed by atoms with van der Waals surface area (Å²) in [5, 5.41) is 0. The number of ether oxygens (including phenoxy) is 1. The molecule has 7 heavy (non-hydrogen) atoms. The van der Waals surface area contributed by atoms with E-state index in [4.69, 9.17) is 0 Å². The van der Waals surface area contributed by atoms with Crippen molar-refractivity contribution in [2.45, 2.75) is 6.92 Å². The number of hydrogen-bond acceptors (Lipinski definition) is 2. The zero-order valence-corrected chi connectivity index (χ0v) is 11.4. The fourth-order valence-electron chi connectivity index (χ4n) is 0.123. The van der Waals surface area contributed by atoms with Crippen LogP contribution < -0.4 is 0 Å². The van der Waals surface area contributed by atoms with Crippen molar-refractivity contribution in [1.82, 2.24) is 0 Å². The van der Waals surface area contributed by atoms with Gasteiger partial charge in [0.15, 0.2) is 0 Å². The molecule has 4 heteroatoms. The standard InChI is InChI=1S/C3H6OS2.Pb.2H/c1-2-4-3(5)6;;;/h2H2,1H3,(H,5,6);;;. The molecule has 42 valence electrons. The molecule has 0 heterocycles. The van der Waals surface area contributed by atoms with Crippen LogP contribution in [0.1, 0.15) is 6.92 Å². The Bertz CT molecular complexity index is 56.9. The third-order valence-corrected chi connectivity index (χ3v) is 0.515. The summed E-state index contributed by atoms with van der Waals surface area (Å²) < 4.78 is 4.95. The van der Waals surface area contributed by atoms with Gasteiger partial charge in [-0.05, 0) is 19.1 Å². The van der Waals surface area contributed by atoms with Crippen LogP contribution >= 0.6 is 24.8 Å². The first kappa shape index (κ1) is 11.0. The molecular formula is C3H8OPbS2. The van der Waals surface area contributed by atoms with Crippen molar-refractivity contribution in [3.63, 3.8) is 0 Å². The molecule has 0 amide bonds. The van der Waals surface area contributed by atoms with E-state index >= 15 is 0 Å². The summed E-state index contributed by atoms with van der Waals surface area (Å²) in [5.74, 6) is 0. The Labute approximate surface area is 74.4 Å². The Morgan fingerprint density at radius 1 is 1.86 bits per heavy atom. The summed E-state index contributed by atoms with van der Waals surface area (Å²) in [6.45, 7) is 2.48. The molecule has 0 N–H and O–H groups in total. The molecule has 0 aromatic heterocycles. The maximum atomic E-state index is 4.64. The minimum atomic E-state index is 0. The van der Waals surface area contributed by atoms with E-state index in [-0.39, 0.29) is 27.3 Å². The van der Waals surface area contributed by atoms with Gasteiger partial charge in [-0.15, -0.1) is 0 Å². The first-order valence-corrected chi connectivity index (χ1v) is 2.48. The number of thiol groups is 1. The van der Waals surface area contributed by atoms with Crippen LogP contribution in [-0.2, 0) is 4.74 Å². The molecule has 0 fully saturated rings. The number of rotatable bonds is 1. The van der Waals surface area contributed by atoms with Gasteiger partial charge in [0.1, 0.15) is 0 Å². The van der Waals surface area contributed by atoms with Crippen molar-refractivity contribution < 1.29 is 4.74 Å². The second kappa shape index (κ2) is 7.16. The molecule has 0 aliphatic carbocycles. The molecule has 0 aliphatic heterocycles.